The van der Waals surface area contributed by atoms with E-state index in [1.165, 1.54) is 19.3 Å². The Hall–Kier alpha value is 0.870. The van der Waals surface area contributed by atoms with E-state index in [1.807, 2.05) is 6.92 Å². The van der Waals surface area contributed by atoms with Gasteiger partial charge in [0.25, 0.3) is 0 Å². The minimum absolute atomic E-state index is 0. The molecule has 1 aliphatic heterocycles. The molecule has 0 aromatic rings. The third-order valence-electron chi connectivity index (χ3n) is 3.86. The molecular formula is C14H28NaO4S. The van der Waals surface area contributed by atoms with Crippen molar-refractivity contribution < 1.29 is 16.8 Å². The molecule has 20 heavy (non-hydrogen) atoms. The zero-order valence-electron chi connectivity index (χ0n) is 13.4. The van der Waals surface area contributed by atoms with E-state index in [9.17, 15) is 8.42 Å². The first-order valence-electron chi connectivity index (χ1n) is 7.54. The molecule has 0 aromatic heterocycles. The second-order valence-corrected chi connectivity index (χ2v) is 6.99. The smallest absolute Gasteiger partial charge is 0.248 e. The van der Waals surface area contributed by atoms with E-state index in [-0.39, 0.29) is 48.2 Å². The molecule has 6 heteroatoms. The van der Waals surface area contributed by atoms with E-state index in [4.69, 9.17) is 8.37 Å². The van der Waals surface area contributed by atoms with Gasteiger partial charge in [0.05, 0.1) is 12.7 Å². The second-order valence-electron chi connectivity index (χ2n) is 5.75. The van der Waals surface area contributed by atoms with Crippen molar-refractivity contribution in [2.24, 2.45) is 11.8 Å². The van der Waals surface area contributed by atoms with Gasteiger partial charge in [-0.25, -0.2) is 8.37 Å². The van der Waals surface area contributed by atoms with Gasteiger partial charge in [-0.05, 0) is 31.1 Å². The molecule has 3 unspecified atom stereocenters. The van der Waals surface area contributed by atoms with Gasteiger partial charge in [0.2, 0.25) is 0 Å². The molecular weight excluding hydrogens is 287 g/mol. The predicted octanol–water partition coefficient (Wildman–Crippen LogP) is 3.29. The number of hydrogen-bond donors (Lipinski definition) is 0. The van der Waals surface area contributed by atoms with Crippen LogP contribution in [0.15, 0.2) is 0 Å². The van der Waals surface area contributed by atoms with Gasteiger partial charge in [-0.2, -0.15) is 8.42 Å². The summed E-state index contributed by atoms with van der Waals surface area (Å²) in [5.74, 6) is 0.920. The van der Waals surface area contributed by atoms with Crippen LogP contribution in [-0.2, 0) is 18.8 Å². The Kier molecular flexibility index (Phi) is 11.0. The van der Waals surface area contributed by atoms with Crippen LogP contribution < -0.4 is 0 Å². The molecule has 0 aromatic carbocycles. The Morgan fingerprint density at radius 2 is 1.95 bits per heavy atom. The van der Waals surface area contributed by atoms with E-state index in [1.54, 1.807) is 0 Å². The minimum atomic E-state index is -3.77. The van der Waals surface area contributed by atoms with Crippen LogP contribution in [0.2, 0.25) is 0 Å². The van der Waals surface area contributed by atoms with E-state index < -0.39 is 10.4 Å². The maximum atomic E-state index is 11.5. The van der Waals surface area contributed by atoms with Gasteiger partial charge in [0, 0.05) is 29.6 Å². The fourth-order valence-electron chi connectivity index (χ4n) is 2.58. The Bertz CT molecular complexity index is 345. The quantitative estimate of drug-likeness (QED) is 0.677. The molecule has 0 aliphatic carbocycles. The first-order chi connectivity index (χ1) is 8.96. The van der Waals surface area contributed by atoms with Gasteiger partial charge in [0.15, 0.2) is 0 Å². The first kappa shape index (κ1) is 20.9. The van der Waals surface area contributed by atoms with E-state index >= 15 is 0 Å². The third kappa shape index (κ3) is 8.35. The van der Waals surface area contributed by atoms with Gasteiger partial charge in [-0.15, -0.1) is 0 Å². The van der Waals surface area contributed by atoms with Crippen LogP contribution >= 0.6 is 0 Å². The Balaban J connectivity index is 0.00000361. The monoisotopic (exact) mass is 315 g/mol. The molecule has 115 valence electrons. The van der Waals surface area contributed by atoms with Gasteiger partial charge in [0.1, 0.15) is 0 Å². The average molecular weight is 315 g/mol. The fourth-order valence-corrected chi connectivity index (χ4v) is 3.55. The van der Waals surface area contributed by atoms with Crippen molar-refractivity contribution in [3.63, 3.8) is 0 Å². The zero-order chi connectivity index (χ0) is 14.3. The van der Waals surface area contributed by atoms with Gasteiger partial charge < -0.3 is 0 Å². The van der Waals surface area contributed by atoms with Crippen molar-refractivity contribution in [1.82, 2.24) is 0 Å². The molecule has 0 spiro atoms. The fraction of sp³-hybridized carbons (Fsp3) is 1.00. The molecule has 1 radical (unpaired) electrons. The first-order valence-corrected chi connectivity index (χ1v) is 8.87. The number of unbranched alkanes of at least 4 members (excludes halogenated alkanes) is 1. The summed E-state index contributed by atoms with van der Waals surface area (Å²) >= 11 is 0. The number of hydrogen-bond acceptors (Lipinski definition) is 4. The summed E-state index contributed by atoms with van der Waals surface area (Å²) < 4.78 is 32.8. The van der Waals surface area contributed by atoms with Crippen molar-refractivity contribution in [3.8, 4) is 0 Å². The summed E-state index contributed by atoms with van der Waals surface area (Å²) in [5.41, 5.74) is 0. The van der Waals surface area contributed by atoms with Crippen LogP contribution in [0.5, 0.6) is 0 Å². The standard InChI is InChI=1S/C14H28O4S.Na/c1-4-6-7-13(5-2)8-9-14-10-12(3)11-17-19(15,16)18-14;/h12-14H,4-11H2,1-3H3;. The molecule has 3 atom stereocenters. The third-order valence-corrected chi connectivity index (χ3v) is 4.79. The minimum Gasteiger partial charge on any atom is -0.248 e. The predicted molar refractivity (Wildman–Crippen MR) is 81.8 cm³/mol. The maximum absolute atomic E-state index is 11.5. The van der Waals surface area contributed by atoms with Crippen LogP contribution in [0.4, 0.5) is 0 Å². The van der Waals surface area contributed by atoms with Crippen LogP contribution in [0, 0.1) is 11.8 Å². The normalized spacial score (nSPS) is 27.4. The molecule has 1 rings (SSSR count). The molecule has 0 N–H and O–H groups in total. The molecule has 1 saturated heterocycles. The van der Waals surface area contributed by atoms with Crippen LogP contribution in [-0.4, -0.2) is 50.7 Å². The molecule has 0 bridgehead atoms. The summed E-state index contributed by atoms with van der Waals surface area (Å²) in [5, 5.41) is 0. The Labute approximate surface area is 146 Å². The summed E-state index contributed by atoms with van der Waals surface area (Å²) in [6, 6.07) is 0. The van der Waals surface area contributed by atoms with Gasteiger partial charge >= 0.3 is 10.4 Å². The molecule has 4 nitrogen and oxygen atoms in total. The van der Waals surface area contributed by atoms with Crippen LogP contribution in [0.1, 0.15) is 65.7 Å². The summed E-state index contributed by atoms with van der Waals surface area (Å²) in [4.78, 5) is 0. The maximum Gasteiger partial charge on any atom is 0.400 e. The second kappa shape index (κ2) is 10.6. The summed E-state index contributed by atoms with van der Waals surface area (Å²) in [7, 11) is -3.77. The van der Waals surface area contributed by atoms with Crippen molar-refractivity contribution in [2.45, 2.75) is 71.8 Å². The van der Waals surface area contributed by atoms with Crippen molar-refractivity contribution in [3.05, 3.63) is 0 Å². The summed E-state index contributed by atoms with van der Waals surface area (Å²) in [6.07, 6.45) is 7.28. The molecule has 1 heterocycles. The van der Waals surface area contributed by atoms with Gasteiger partial charge in [-0.1, -0.05) is 46.5 Å². The van der Waals surface area contributed by atoms with Crippen LogP contribution in [0.25, 0.3) is 0 Å². The van der Waals surface area contributed by atoms with Crippen molar-refractivity contribution in [1.29, 1.82) is 0 Å². The topological polar surface area (TPSA) is 52.6 Å². The van der Waals surface area contributed by atoms with E-state index in [0.717, 1.165) is 25.7 Å². The Morgan fingerprint density at radius 1 is 1.25 bits per heavy atom. The summed E-state index contributed by atoms with van der Waals surface area (Å²) in [6.45, 7) is 6.65. The van der Waals surface area contributed by atoms with Gasteiger partial charge in [-0.3, -0.25) is 0 Å². The molecule has 1 fully saturated rings. The zero-order valence-corrected chi connectivity index (χ0v) is 16.2. The SMILES string of the molecule is CCCCC(CC)CCC1CC(C)COS(=O)(=O)O1.[Na]. The number of rotatable bonds is 7. The van der Waals surface area contributed by atoms with Crippen molar-refractivity contribution >= 4 is 40.0 Å². The van der Waals surface area contributed by atoms with Crippen molar-refractivity contribution in [2.75, 3.05) is 6.61 Å². The molecule has 0 amide bonds. The Morgan fingerprint density at radius 3 is 2.55 bits per heavy atom. The largest absolute Gasteiger partial charge is 0.400 e. The molecule has 0 saturated carbocycles. The molecule has 1 aliphatic rings. The average Bonchev–Trinajstić information content (AvgIpc) is 2.48. The van der Waals surface area contributed by atoms with E-state index in [2.05, 4.69) is 13.8 Å². The van der Waals surface area contributed by atoms with Crippen LogP contribution in [0.3, 0.4) is 0 Å². The van der Waals surface area contributed by atoms with E-state index in [0.29, 0.717) is 5.92 Å².